The zero-order valence-corrected chi connectivity index (χ0v) is 12.9. The van der Waals surface area contributed by atoms with E-state index < -0.39 is 0 Å². The molecule has 0 aliphatic carbocycles. The molecule has 1 aliphatic heterocycles. The predicted octanol–water partition coefficient (Wildman–Crippen LogP) is 2.83. The molecule has 1 aromatic carbocycles. The minimum Gasteiger partial charge on any atom is -0.493 e. The number of nitrogens with two attached hydrogens (primary N) is 1. The van der Waals surface area contributed by atoms with E-state index in [2.05, 4.69) is 15.9 Å². The van der Waals surface area contributed by atoms with E-state index in [1.54, 1.807) is 12.4 Å². The SMILES string of the molecule is Nc1cn(Cc2cc(Cl)cc3c2OCC3)cc(Br)c1=O. The Hall–Kier alpha value is -1.46. The third kappa shape index (κ3) is 2.43. The molecule has 0 bridgehead atoms. The number of halogens is 2. The number of hydrogen-bond donors (Lipinski definition) is 1. The maximum Gasteiger partial charge on any atom is 0.218 e. The van der Waals surface area contributed by atoms with Gasteiger partial charge in [-0.15, -0.1) is 0 Å². The number of pyridine rings is 1. The van der Waals surface area contributed by atoms with Crippen molar-refractivity contribution in [1.82, 2.24) is 4.57 Å². The van der Waals surface area contributed by atoms with E-state index in [-0.39, 0.29) is 11.1 Å². The predicted molar refractivity (Wildman–Crippen MR) is 82.6 cm³/mol. The fourth-order valence-electron chi connectivity index (χ4n) is 2.37. The van der Waals surface area contributed by atoms with Gasteiger partial charge in [0.05, 0.1) is 23.3 Å². The number of anilines is 1. The van der Waals surface area contributed by atoms with Crippen molar-refractivity contribution in [3.63, 3.8) is 0 Å². The van der Waals surface area contributed by atoms with Crippen LogP contribution >= 0.6 is 27.5 Å². The second-order valence-corrected chi connectivity index (χ2v) is 6.01. The molecule has 0 saturated heterocycles. The van der Waals surface area contributed by atoms with Crippen LogP contribution < -0.4 is 15.9 Å². The van der Waals surface area contributed by atoms with Crippen molar-refractivity contribution in [2.45, 2.75) is 13.0 Å². The lowest BCUT2D eigenvalue weighted by Crippen LogP contribution is -2.13. The van der Waals surface area contributed by atoms with E-state index in [1.807, 2.05) is 16.7 Å². The average molecular weight is 356 g/mol. The van der Waals surface area contributed by atoms with Crippen LogP contribution in [-0.2, 0) is 13.0 Å². The highest BCUT2D eigenvalue weighted by Gasteiger charge is 2.17. The van der Waals surface area contributed by atoms with Crippen LogP contribution in [0.15, 0.2) is 33.8 Å². The van der Waals surface area contributed by atoms with E-state index in [9.17, 15) is 4.79 Å². The second-order valence-electron chi connectivity index (χ2n) is 4.71. The number of ether oxygens (including phenoxy) is 1. The number of rotatable bonds is 2. The molecule has 0 spiro atoms. The largest absolute Gasteiger partial charge is 0.493 e. The van der Waals surface area contributed by atoms with E-state index in [1.165, 1.54) is 0 Å². The van der Waals surface area contributed by atoms with Gasteiger partial charge in [0.2, 0.25) is 5.43 Å². The zero-order valence-electron chi connectivity index (χ0n) is 10.5. The molecule has 0 saturated carbocycles. The third-order valence-electron chi connectivity index (χ3n) is 3.24. The van der Waals surface area contributed by atoms with Crippen molar-refractivity contribution in [3.8, 4) is 5.75 Å². The number of nitrogens with zero attached hydrogens (tertiary/aromatic N) is 1. The Balaban J connectivity index is 2.02. The molecule has 20 heavy (non-hydrogen) atoms. The van der Waals surface area contributed by atoms with Crippen molar-refractivity contribution in [2.24, 2.45) is 0 Å². The van der Waals surface area contributed by atoms with E-state index >= 15 is 0 Å². The first-order valence-electron chi connectivity index (χ1n) is 6.14. The van der Waals surface area contributed by atoms with Gasteiger partial charge in [-0.1, -0.05) is 11.6 Å². The molecule has 6 heteroatoms. The van der Waals surface area contributed by atoms with Gasteiger partial charge >= 0.3 is 0 Å². The lowest BCUT2D eigenvalue weighted by molar-refractivity contribution is 0.352. The molecule has 0 fully saturated rings. The highest BCUT2D eigenvalue weighted by Crippen LogP contribution is 2.33. The van der Waals surface area contributed by atoms with Crippen LogP contribution in [-0.4, -0.2) is 11.2 Å². The number of nitrogen functional groups attached to an aromatic ring is 1. The minimum absolute atomic E-state index is 0.200. The summed E-state index contributed by atoms with van der Waals surface area (Å²) in [6.07, 6.45) is 4.20. The Morgan fingerprint density at radius 3 is 2.95 bits per heavy atom. The molecule has 4 nitrogen and oxygen atoms in total. The molecule has 0 unspecified atom stereocenters. The molecule has 2 aromatic rings. The van der Waals surface area contributed by atoms with Gasteiger partial charge in [0.15, 0.2) is 0 Å². The normalized spacial score (nSPS) is 13.1. The topological polar surface area (TPSA) is 57.2 Å². The van der Waals surface area contributed by atoms with E-state index in [0.717, 1.165) is 23.3 Å². The third-order valence-corrected chi connectivity index (χ3v) is 4.02. The Labute approximate surface area is 129 Å². The quantitative estimate of drug-likeness (QED) is 0.901. The summed E-state index contributed by atoms with van der Waals surface area (Å²) in [6, 6.07) is 3.82. The van der Waals surface area contributed by atoms with Crippen molar-refractivity contribution in [2.75, 3.05) is 12.3 Å². The first-order chi connectivity index (χ1) is 9.54. The second kappa shape index (κ2) is 5.14. The highest BCUT2D eigenvalue weighted by atomic mass is 79.9. The fourth-order valence-corrected chi connectivity index (χ4v) is 3.12. The maximum absolute atomic E-state index is 11.6. The zero-order chi connectivity index (χ0) is 14.3. The Kier molecular flexibility index (Phi) is 3.48. The Morgan fingerprint density at radius 1 is 1.40 bits per heavy atom. The Bertz CT molecular complexity index is 716. The summed E-state index contributed by atoms with van der Waals surface area (Å²) in [4.78, 5) is 11.6. The molecule has 0 atom stereocenters. The monoisotopic (exact) mass is 354 g/mol. The van der Waals surface area contributed by atoms with Gasteiger partial charge in [-0.25, -0.2) is 0 Å². The number of hydrogen-bond acceptors (Lipinski definition) is 3. The summed E-state index contributed by atoms with van der Waals surface area (Å²) >= 11 is 9.35. The summed E-state index contributed by atoms with van der Waals surface area (Å²) in [5.41, 5.74) is 7.82. The minimum atomic E-state index is -0.200. The molecule has 104 valence electrons. The van der Waals surface area contributed by atoms with E-state index in [4.69, 9.17) is 22.1 Å². The molecule has 2 N–H and O–H groups in total. The fraction of sp³-hybridized carbons (Fsp3) is 0.214. The summed E-state index contributed by atoms with van der Waals surface area (Å²) in [7, 11) is 0. The number of benzene rings is 1. The maximum atomic E-state index is 11.6. The van der Waals surface area contributed by atoms with Crippen molar-refractivity contribution >= 4 is 33.2 Å². The summed E-state index contributed by atoms with van der Waals surface area (Å²) < 4.78 is 7.95. The van der Waals surface area contributed by atoms with Gasteiger partial charge in [0, 0.05) is 29.4 Å². The lowest BCUT2D eigenvalue weighted by atomic mass is 10.1. The molecule has 1 aromatic heterocycles. The van der Waals surface area contributed by atoms with Gasteiger partial charge in [-0.05, 0) is 33.6 Å². The number of fused-ring (bicyclic) bond motifs is 1. The van der Waals surface area contributed by atoms with Crippen molar-refractivity contribution in [3.05, 3.63) is 55.4 Å². The molecule has 0 amide bonds. The van der Waals surface area contributed by atoms with Crippen LogP contribution in [0, 0.1) is 0 Å². The molecule has 2 heterocycles. The van der Waals surface area contributed by atoms with Gasteiger partial charge in [-0.3, -0.25) is 4.79 Å². The van der Waals surface area contributed by atoms with Gasteiger partial charge in [0.1, 0.15) is 5.75 Å². The molecular weight excluding hydrogens is 344 g/mol. The standard InChI is InChI=1S/C14H12BrClN2O2/c15-11-6-18(7-12(17)13(11)19)5-9-4-10(16)3-8-1-2-20-14(8)9/h3-4,6-7H,1-2,5,17H2. The van der Waals surface area contributed by atoms with Crippen LogP contribution in [0.25, 0.3) is 0 Å². The van der Waals surface area contributed by atoms with Crippen LogP contribution in [0.1, 0.15) is 11.1 Å². The smallest absolute Gasteiger partial charge is 0.218 e. The first-order valence-corrected chi connectivity index (χ1v) is 7.31. The highest BCUT2D eigenvalue weighted by molar-refractivity contribution is 9.10. The molecular formula is C14H12BrClN2O2. The van der Waals surface area contributed by atoms with Crippen molar-refractivity contribution in [1.29, 1.82) is 0 Å². The van der Waals surface area contributed by atoms with Crippen LogP contribution in [0.5, 0.6) is 5.75 Å². The first kappa shape index (κ1) is 13.5. The van der Waals surface area contributed by atoms with Gasteiger partial charge < -0.3 is 15.0 Å². The molecule has 0 radical (unpaired) electrons. The van der Waals surface area contributed by atoms with Gasteiger partial charge in [0.25, 0.3) is 0 Å². The average Bonchev–Trinajstić information content (AvgIpc) is 2.84. The van der Waals surface area contributed by atoms with Gasteiger partial charge in [-0.2, -0.15) is 0 Å². The van der Waals surface area contributed by atoms with E-state index in [0.29, 0.717) is 22.6 Å². The lowest BCUT2D eigenvalue weighted by Gasteiger charge is -2.12. The summed E-state index contributed by atoms with van der Waals surface area (Å²) in [6.45, 7) is 1.23. The molecule has 3 rings (SSSR count). The summed E-state index contributed by atoms with van der Waals surface area (Å²) in [5.74, 6) is 0.891. The van der Waals surface area contributed by atoms with Crippen LogP contribution in [0.2, 0.25) is 5.02 Å². The number of aromatic nitrogens is 1. The van der Waals surface area contributed by atoms with Crippen LogP contribution in [0.4, 0.5) is 5.69 Å². The summed E-state index contributed by atoms with van der Waals surface area (Å²) in [5, 5.41) is 0.692. The Morgan fingerprint density at radius 2 is 2.20 bits per heavy atom. The van der Waals surface area contributed by atoms with Crippen LogP contribution in [0.3, 0.4) is 0 Å². The van der Waals surface area contributed by atoms with Crippen molar-refractivity contribution < 1.29 is 4.74 Å². The molecule has 1 aliphatic rings.